The van der Waals surface area contributed by atoms with E-state index in [4.69, 9.17) is 21.1 Å². The zero-order valence-corrected chi connectivity index (χ0v) is 15.4. The molecule has 26 heavy (non-hydrogen) atoms. The number of aliphatic carboxylic acids is 1. The van der Waals surface area contributed by atoms with Crippen LogP contribution in [0.15, 0.2) is 18.2 Å². The lowest BCUT2D eigenvalue weighted by molar-refractivity contribution is -0.149. The van der Waals surface area contributed by atoms with Crippen LogP contribution in [0.4, 0.5) is 10.5 Å². The average molecular weight is 383 g/mol. The van der Waals surface area contributed by atoms with Crippen LogP contribution in [0, 0.1) is 11.3 Å². The van der Waals surface area contributed by atoms with Crippen molar-refractivity contribution >= 4 is 29.3 Å². The van der Waals surface area contributed by atoms with Crippen LogP contribution in [-0.2, 0) is 9.53 Å². The van der Waals surface area contributed by atoms with Crippen LogP contribution in [0.5, 0.6) is 5.75 Å². The number of ether oxygens (including phenoxy) is 2. The standard InChI is InChI=1S/C18H23ClN2O5/c1-25-7-8-26-15-5-4-13(9-14(15)19)20-17(24)21-10-12-3-2-6-18(12,11-21)16(22)23/h4-5,9,12H,2-3,6-8,10-11H2,1H3,(H,20,24)(H,22,23)/t12-,18+/m0/s1. The number of benzene rings is 1. The fraction of sp³-hybridized carbons (Fsp3) is 0.556. The monoisotopic (exact) mass is 382 g/mol. The Morgan fingerprint density at radius 2 is 2.23 bits per heavy atom. The Kier molecular flexibility index (Phi) is 5.58. The van der Waals surface area contributed by atoms with Gasteiger partial charge in [-0.05, 0) is 37.0 Å². The third kappa shape index (κ3) is 3.59. The second-order valence-corrected chi connectivity index (χ2v) is 7.25. The van der Waals surface area contributed by atoms with Crippen molar-refractivity contribution in [2.45, 2.75) is 19.3 Å². The molecule has 2 amide bonds. The molecular weight excluding hydrogens is 360 g/mol. The number of nitrogens with one attached hydrogen (secondary N) is 1. The Hall–Kier alpha value is -1.99. The van der Waals surface area contributed by atoms with Gasteiger partial charge in [0.05, 0.1) is 17.0 Å². The first-order valence-corrected chi connectivity index (χ1v) is 9.04. The van der Waals surface area contributed by atoms with Crippen molar-refractivity contribution in [2.24, 2.45) is 11.3 Å². The minimum Gasteiger partial charge on any atom is -0.490 e. The molecule has 1 saturated heterocycles. The minimum atomic E-state index is -0.795. The second-order valence-electron chi connectivity index (χ2n) is 6.85. The molecular formula is C18H23ClN2O5. The molecule has 0 spiro atoms. The van der Waals surface area contributed by atoms with E-state index in [9.17, 15) is 14.7 Å². The van der Waals surface area contributed by atoms with Crippen LogP contribution < -0.4 is 10.1 Å². The molecule has 1 aliphatic carbocycles. The molecule has 0 radical (unpaired) electrons. The Morgan fingerprint density at radius 3 is 2.88 bits per heavy atom. The fourth-order valence-electron chi connectivity index (χ4n) is 3.93. The number of urea groups is 1. The van der Waals surface area contributed by atoms with Crippen molar-refractivity contribution in [3.63, 3.8) is 0 Å². The molecule has 2 aliphatic rings. The summed E-state index contributed by atoms with van der Waals surface area (Å²) in [5.41, 5.74) is -0.242. The van der Waals surface area contributed by atoms with Crippen LogP contribution in [-0.4, -0.2) is 55.4 Å². The van der Waals surface area contributed by atoms with Crippen molar-refractivity contribution in [1.29, 1.82) is 0 Å². The van der Waals surface area contributed by atoms with Gasteiger partial charge in [-0.25, -0.2) is 4.79 Å². The number of carbonyl (C=O) groups is 2. The zero-order chi connectivity index (χ0) is 18.7. The number of likely N-dealkylation sites (tertiary alicyclic amines) is 1. The zero-order valence-electron chi connectivity index (χ0n) is 14.7. The summed E-state index contributed by atoms with van der Waals surface area (Å²) in [5, 5.41) is 12.8. The van der Waals surface area contributed by atoms with Gasteiger partial charge in [-0.15, -0.1) is 0 Å². The van der Waals surface area contributed by atoms with Gasteiger partial charge >= 0.3 is 12.0 Å². The molecule has 3 rings (SSSR count). The van der Waals surface area contributed by atoms with E-state index >= 15 is 0 Å². The first kappa shape index (κ1) is 18.8. The predicted octanol–water partition coefficient (Wildman–Crippen LogP) is 3.08. The highest BCUT2D eigenvalue weighted by atomic mass is 35.5. The number of anilines is 1. The lowest BCUT2D eigenvalue weighted by atomic mass is 9.81. The van der Waals surface area contributed by atoms with Gasteiger partial charge in [0.2, 0.25) is 0 Å². The van der Waals surface area contributed by atoms with Crippen LogP contribution in [0.3, 0.4) is 0 Å². The molecule has 1 heterocycles. The van der Waals surface area contributed by atoms with Crippen molar-refractivity contribution in [3.05, 3.63) is 23.2 Å². The van der Waals surface area contributed by atoms with Crippen LogP contribution >= 0.6 is 11.6 Å². The van der Waals surface area contributed by atoms with E-state index in [2.05, 4.69) is 5.32 Å². The number of amides is 2. The smallest absolute Gasteiger partial charge is 0.321 e. The average Bonchev–Trinajstić information content (AvgIpc) is 3.15. The maximum absolute atomic E-state index is 12.5. The lowest BCUT2D eigenvalue weighted by Crippen LogP contribution is -2.38. The number of carbonyl (C=O) groups excluding carboxylic acids is 1. The molecule has 1 aromatic carbocycles. The molecule has 142 valence electrons. The van der Waals surface area contributed by atoms with Crippen LogP contribution in [0.2, 0.25) is 5.02 Å². The molecule has 1 aliphatic heterocycles. The normalized spacial score (nSPS) is 24.4. The summed E-state index contributed by atoms with van der Waals surface area (Å²) in [6.45, 7) is 1.57. The molecule has 0 bridgehead atoms. The molecule has 1 saturated carbocycles. The molecule has 2 N–H and O–H groups in total. The fourth-order valence-corrected chi connectivity index (χ4v) is 4.16. The Bertz CT molecular complexity index is 698. The number of nitrogens with zero attached hydrogens (tertiary/aromatic N) is 1. The van der Waals surface area contributed by atoms with Crippen molar-refractivity contribution in [1.82, 2.24) is 4.90 Å². The number of methoxy groups -OCH3 is 1. The highest BCUT2D eigenvalue weighted by molar-refractivity contribution is 6.32. The topological polar surface area (TPSA) is 88.1 Å². The summed E-state index contributed by atoms with van der Waals surface area (Å²) in [5.74, 6) is -0.246. The Morgan fingerprint density at radius 1 is 1.42 bits per heavy atom. The van der Waals surface area contributed by atoms with E-state index in [1.165, 1.54) is 0 Å². The molecule has 2 fully saturated rings. The third-order valence-electron chi connectivity index (χ3n) is 5.31. The quantitative estimate of drug-likeness (QED) is 0.738. The number of carboxylic acid groups (broad SMARTS) is 1. The Balaban J connectivity index is 1.62. The molecule has 0 unspecified atom stereocenters. The Labute approximate surface area is 157 Å². The highest BCUT2D eigenvalue weighted by Crippen LogP contribution is 2.49. The number of hydrogen-bond acceptors (Lipinski definition) is 4. The van der Waals surface area contributed by atoms with E-state index < -0.39 is 11.4 Å². The summed E-state index contributed by atoms with van der Waals surface area (Å²) in [6, 6.07) is 4.70. The molecule has 7 nitrogen and oxygen atoms in total. The SMILES string of the molecule is COCCOc1ccc(NC(=O)N2C[C@@H]3CCC[C@@]3(C(=O)O)C2)cc1Cl. The van der Waals surface area contributed by atoms with Crippen molar-refractivity contribution in [3.8, 4) is 5.75 Å². The van der Waals surface area contributed by atoms with Crippen LogP contribution in [0.25, 0.3) is 0 Å². The minimum absolute atomic E-state index is 0.0332. The van der Waals surface area contributed by atoms with E-state index in [0.29, 0.717) is 42.6 Å². The molecule has 2 atom stereocenters. The molecule has 1 aromatic rings. The van der Waals surface area contributed by atoms with E-state index in [-0.39, 0.29) is 18.5 Å². The van der Waals surface area contributed by atoms with Gasteiger partial charge < -0.3 is 24.8 Å². The number of hydrogen-bond donors (Lipinski definition) is 2. The maximum atomic E-state index is 12.5. The summed E-state index contributed by atoms with van der Waals surface area (Å²) >= 11 is 6.18. The van der Waals surface area contributed by atoms with Gasteiger partial charge in [-0.3, -0.25) is 4.79 Å². The molecule has 8 heteroatoms. The maximum Gasteiger partial charge on any atom is 0.321 e. The van der Waals surface area contributed by atoms with E-state index in [0.717, 1.165) is 12.8 Å². The van der Waals surface area contributed by atoms with Crippen LogP contribution in [0.1, 0.15) is 19.3 Å². The number of halogens is 1. The lowest BCUT2D eigenvalue weighted by Gasteiger charge is -2.23. The van der Waals surface area contributed by atoms with E-state index in [1.807, 2.05) is 0 Å². The summed E-state index contributed by atoms with van der Waals surface area (Å²) < 4.78 is 10.4. The van der Waals surface area contributed by atoms with Gasteiger partial charge in [-0.1, -0.05) is 18.0 Å². The third-order valence-corrected chi connectivity index (χ3v) is 5.61. The van der Waals surface area contributed by atoms with Gasteiger partial charge in [0, 0.05) is 25.9 Å². The predicted molar refractivity (Wildman–Crippen MR) is 96.8 cm³/mol. The summed E-state index contributed by atoms with van der Waals surface area (Å²) in [6.07, 6.45) is 2.40. The van der Waals surface area contributed by atoms with Gasteiger partial charge in [0.15, 0.2) is 0 Å². The van der Waals surface area contributed by atoms with Gasteiger partial charge in [-0.2, -0.15) is 0 Å². The molecule has 0 aromatic heterocycles. The second kappa shape index (κ2) is 7.72. The van der Waals surface area contributed by atoms with Crippen molar-refractivity contribution in [2.75, 3.05) is 38.7 Å². The van der Waals surface area contributed by atoms with Gasteiger partial charge in [0.1, 0.15) is 12.4 Å². The first-order chi connectivity index (χ1) is 12.5. The highest BCUT2D eigenvalue weighted by Gasteiger charge is 2.55. The first-order valence-electron chi connectivity index (χ1n) is 8.67. The van der Waals surface area contributed by atoms with E-state index in [1.54, 1.807) is 30.2 Å². The van der Waals surface area contributed by atoms with Gasteiger partial charge in [0.25, 0.3) is 0 Å². The largest absolute Gasteiger partial charge is 0.490 e. The number of fused-ring (bicyclic) bond motifs is 1. The number of rotatable bonds is 6. The number of carboxylic acids is 1. The summed E-state index contributed by atoms with van der Waals surface area (Å²) in [7, 11) is 1.59. The van der Waals surface area contributed by atoms with Crippen molar-refractivity contribution < 1.29 is 24.2 Å². The summed E-state index contributed by atoms with van der Waals surface area (Å²) in [4.78, 5) is 25.9.